The molecule has 16 heavy (non-hydrogen) atoms. The predicted molar refractivity (Wildman–Crippen MR) is 72.3 cm³/mol. The van der Waals surface area contributed by atoms with E-state index >= 15 is 0 Å². The van der Waals surface area contributed by atoms with E-state index in [2.05, 4.69) is 51.2 Å². The van der Waals surface area contributed by atoms with Crippen molar-refractivity contribution in [2.75, 3.05) is 0 Å². The molecule has 0 bridgehead atoms. The Kier molecular flexibility index (Phi) is 4.01. The number of hydrogen-bond acceptors (Lipinski definition) is 1. The molecule has 1 heteroatoms. The Balaban J connectivity index is 0.000000606. The van der Waals surface area contributed by atoms with Gasteiger partial charge in [-0.05, 0) is 44.3 Å². The molecule has 2 rings (SSSR count). The van der Waals surface area contributed by atoms with Crippen LogP contribution in [0.3, 0.4) is 0 Å². The molecule has 1 atom stereocenters. The van der Waals surface area contributed by atoms with Gasteiger partial charge < -0.3 is 5.32 Å². The largest absolute Gasteiger partial charge is 0.376 e. The van der Waals surface area contributed by atoms with Crippen molar-refractivity contribution in [3.8, 4) is 0 Å². The molecule has 0 saturated heterocycles. The maximum absolute atomic E-state index is 3.56. The second-order valence-corrected chi connectivity index (χ2v) is 5.09. The van der Waals surface area contributed by atoms with Gasteiger partial charge in [-0.1, -0.05) is 39.0 Å². The monoisotopic (exact) mass is 219 g/mol. The first-order chi connectivity index (χ1) is 7.48. The van der Waals surface area contributed by atoms with Gasteiger partial charge in [0.1, 0.15) is 0 Å². The third kappa shape index (κ3) is 2.78. The predicted octanol–water partition coefficient (Wildman–Crippen LogP) is 4.19. The molecule has 1 N–H and O–H groups in total. The standard InChI is InChI=1S/C13H19N.C2H6/c1-9-5-6-12-11(7-9)10(2)8-13(3,4)14-12;1-2/h6-9,14H,5H2,1-4H3;1-2H3. The van der Waals surface area contributed by atoms with E-state index in [0.717, 1.165) is 6.42 Å². The van der Waals surface area contributed by atoms with Crippen LogP contribution in [0.1, 0.15) is 48.0 Å². The second-order valence-electron chi connectivity index (χ2n) is 5.09. The summed E-state index contributed by atoms with van der Waals surface area (Å²) in [6, 6.07) is 0. The van der Waals surface area contributed by atoms with Crippen LogP contribution < -0.4 is 5.32 Å². The molecule has 1 aliphatic carbocycles. The van der Waals surface area contributed by atoms with Crippen LogP contribution in [-0.4, -0.2) is 5.54 Å². The van der Waals surface area contributed by atoms with Gasteiger partial charge in [0.25, 0.3) is 0 Å². The van der Waals surface area contributed by atoms with Crippen LogP contribution in [0, 0.1) is 5.92 Å². The minimum absolute atomic E-state index is 0.105. The summed E-state index contributed by atoms with van der Waals surface area (Å²) < 4.78 is 0. The number of rotatable bonds is 0. The summed E-state index contributed by atoms with van der Waals surface area (Å²) in [6.07, 6.45) is 8.19. The molecule has 1 nitrogen and oxygen atoms in total. The summed E-state index contributed by atoms with van der Waals surface area (Å²) in [6.45, 7) is 12.9. The summed E-state index contributed by atoms with van der Waals surface area (Å²) in [5.74, 6) is 0.681. The average molecular weight is 219 g/mol. The molecular weight excluding hydrogens is 194 g/mol. The van der Waals surface area contributed by atoms with Crippen LogP contribution in [0.4, 0.5) is 0 Å². The molecule has 1 unspecified atom stereocenters. The molecule has 0 saturated carbocycles. The van der Waals surface area contributed by atoms with E-state index in [4.69, 9.17) is 0 Å². The third-order valence-corrected chi connectivity index (χ3v) is 2.89. The Morgan fingerprint density at radius 2 is 1.94 bits per heavy atom. The highest BCUT2D eigenvalue weighted by Gasteiger charge is 2.26. The first-order valence-electron chi connectivity index (χ1n) is 6.38. The lowest BCUT2D eigenvalue weighted by atomic mass is 9.84. The fourth-order valence-corrected chi connectivity index (χ4v) is 2.32. The fourth-order valence-electron chi connectivity index (χ4n) is 2.32. The second kappa shape index (κ2) is 4.90. The molecule has 0 fully saturated rings. The molecule has 0 aromatic carbocycles. The smallest absolute Gasteiger partial charge is 0.0505 e. The SMILES string of the molecule is CC.CC1=CC(C)(C)NC2=CCC(C)C=C12. The lowest BCUT2D eigenvalue weighted by Crippen LogP contribution is -2.41. The van der Waals surface area contributed by atoms with Crippen molar-refractivity contribution in [3.63, 3.8) is 0 Å². The Labute approximate surface area is 100 Å². The van der Waals surface area contributed by atoms with Crippen molar-refractivity contribution < 1.29 is 0 Å². The van der Waals surface area contributed by atoms with Crippen LogP contribution in [-0.2, 0) is 0 Å². The lowest BCUT2D eigenvalue weighted by molar-refractivity contribution is 0.512. The van der Waals surface area contributed by atoms with Crippen LogP contribution in [0.2, 0.25) is 0 Å². The zero-order chi connectivity index (χ0) is 12.3. The third-order valence-electron chi connectivity index (χ3n) is 2.89. The maximum Gasteiger partial charge on any atom is 0.0505 e. The minimum Gasteiger partial charge on any atom is -0.376 e. The van der Waals surface area contributed by atoms with E-state index in [1.165, 1.54) is 16.8 Å². The average Bonchev–Trinajstić information content (AvgIpc) is 2.21. The molecule has 2 aliphatic rings. The van der Waals surface area contributed by atoms with Gasteiger partial charge >= 0.3 is 0 Å². The summed E-state index contributed by atoms with van der Waals surface area (Å²) in [5.41, 5.74) is 4.25. The van der Waals surface area contributed by atoms with E-state index in [1.807, 2.05) is 13.8 Å². The Morgan fingerprint density at radius 1 is 1.31 bits per heavy atom. The van der Waals surface area contributed by atoms with E-state index in [1.54, 1.807) is 0 Å². The van der Waals surface area contributed by atoms with Crippen molar-refractivity contribution >= 4 is 0 Å². The van der Waals surface area contributed by atoms with Crippen LogP contribution in [0.5, 0.6) is 0 Å². The van der Waals surface area contributed by atoms with Crippen molar-refractivity contribution in [3.05, 3.63) is 35.1 Å². The summed E-state index contributed by atoms with van der Waals surface area (Å²) in [4.78, 5) is 0. The quantitative estimate of drug-likeness (QED) is 0.644. The van der Waals surface area contributed by atoms with E-state index in [9.17, 15) is 0 Å². The van der Waals surface area contributed by atoms with Crippen LogP contribution in [0.15, 0.2) is 35.1 Å². The van der Waals surface area contributed by atoms with Crippen molar-refractivity contribution in [1.29, 1.82) is 0 Å². The molecule has 0 aromatic rings. The van der Waals surface area contributed by atoms with Gasteiger partial charge in [0.05, 0.1) is 5.54 Å². The Hall–Kier alpha value is -0.980. The summed E-state index contributed by atoms with van der Waals surface area (Å²) >= 11 is 0. The fraction of sp³-hybridized carbons (Fsp3) is 0.600. The molecule has 0 amide bonds. The minimum atomic E-state index is 0.105. The number of fused-ring (bicyclic) bond motifs is 1. The Bertz CT molecular complexity index is 342. The highest BCUT2D eigenvalue weighted by Crippen LogP contribution is 2.32. The van der Waals surface area contributed by atoms with Crippen LogP contribution >= 0.6 is 0 Å². The zero-order valence-electron chi connectivity index (χ0n) is 11.5. The Morgan fingerprint density at radius 3 is 2.56 bits per heavy atom. The number of hydrogen-bond donors (Lipinski definition) is 1. The highest BCUT2D eigenvalue weighted by atomic mass is 15.0. The van der Waals surface area contributed by atoms with Gasteiger partial charge in [0.15, 0.2) is 0 Å². The maximum atomic E-state index is 3.56. The molecule has 0 radical (unpaired) electrons. The van der Waals surface area contributed by atoms with Crippen molar-refractivity contribution in [1.82, 2.24) is 5.32 Å². The normalized spacial score (nSPS) is 26.1. The van der Waals surface area contributed by atoms with E-state index in [-0.39, 0.29) is 5.54 Å². The van der Waals surface area contributed by atoms with E-state index in [0.29, 0.717) is 5.92 Å². The van der Waals surface area contributed by atoms with Crippen molar-refractivity contribution in [2.45, 2.75) is 53.5 Å². The first-order valence-corrected chi connectivity index (χ1v) is 6.38. The van der Waals surface area contributed by atoms with Gasteiger partial charge in [0, 0.05) is 5.70 Å². The topological polar surface area (TPSA) is 12.0 Å². The number of allylic oxidation sites excluding steroid dienone is 3. The molecule has 1 heterocycles. The molecule has 1 aliphatic heterocycles. The lowest BCUT2D eigenvalue weighted by Gasteiger charge is -2.35. The van der Waals surface area contributed by atoms with Gasteiger partial charge in [-0.2, -0.15) is 0 Å². The van der Waals surface area contributed by atoms with Gasteiger partial charge in [0.2, 0.25) is 0 Å². The van der Waals surface area contributed by atoms with Crippen molar-refractivity contribution in [2.24, 2.45) is 5.92 Å². The zero-order valence-corrected chi connectivity index (χ0v) is 11.5. The molecule has 90 valence electrons. The molecule has 0 spiro atoms. The molecular formula is C15H25N. The highest BCUT2D eigenvalue weighted by molar-refractivity contribution is 5.51. The summed E-state index contributed by atoms with van der Waals surface area (Å²) in [7, 11) is 0. The molecule has 0 aromatic heterocycles. The number of nitrogens with one attached hydrogen (secondary N) is 1. The van der Waals surface area contributed by atoms with Gasteiger partial charge in [-0.15, -0.1) is 0 Å². The van der Waals surface area contributed by atoms with Gasteiger partial charge in [-0.25, -0.2) is 0 Å². The van der Waals surface area contributed by atoms with Gasteiger partial charge in [-0.3, -0.25) is 0 Å². The van der Waals surface area contributed by atoms with E-state index < -0.39 is 0 Å². The summed E-state index contributed by atoms with van der Waals surface area (Å²) in [5, 5.41) is 3.56. The van der Waals surface area contributed by atoms with Crippen LogP contribution in [0.25, 0.3) is 0 Å². The first kappa shape index (κ1) is 13.1.